The molecule has 6 fully saturated rings. The molecule has 9 heteroatoms. The molecule has 280 valence electrons. The molecule has 1 aliphatic heterocycles. The predicted octanol–water partition coefficient (Wildman–Crippen LogP) is 6.54. The van der Waals surface area contributed by atoms with Gasteiger partial charge in [-0.05, 0) is 139 Å². The van der Waals surface area contributed by atoms with Crippen LogP contribution in [0, 0.1) is 51.2 Å². The zero-order valence-corrected chi connectivity index (χ0v) is 32.2. The summed E-state index contributed by atoms with van der Waals surface area (Å²) >= 11 is 0. The zero-order chi connectivity index (χ0) is 36.3. The number of carbonyl (C=O) groups excluding carboxylic acids is 2. The van der Waals surface area contributed by atoms with E-state index < -0.39 is 52.5 Å². The van der Waals surface area contributed by atoms with Crippen molar-refractivity contribution in [3.63, 3.8) is 0 Å². The van der Waals surface area contributed by atoms with Crippen LogP contribution in [0.1, 0.15) is 140 Å². The number of aliphatic hydroxyl groups excluding tert-OH is 2. The van der Waals surface area contributed by atoms with Gasteiger partial charge in [-0.15, -0.1) is 0 Å². The maximum Gasteiger partial charge on any atom is 0.408 e. The molecule has 5 saturated carbocycles. The summed E-state index contributed by atoms with van der Waals surface area (Å²) in [6.45, 7) is 21.8. The van der Waals surface area contributed by atoms with E-state index in [1.165, 1.54) is 0 Å². The molecular weight excluding hydrogens is 622 g/mol. The molecule has 6 rings (SSSR count). The van der Waals surface area contributed by atoms with Gasteiger partial charge in [0.15, 0.2) is 0 Å². The van der Waals surface area contributed by atoms with Gasteiger partial charge >= 0.3 is 12.1 Å². The van der Waals surface area contributed by atoms with E-state index in [1.807, 2.05) is 27.7 Å². The number of alkyl carbamates (subject to hydrolysis) is 1. The van der Waals surface area contributed by atoms with Crippen LogP contribution in [-0.2, 0) is 19.0 Å². The van der Waals surface area contributed by atoms with Crippen molar-refractivity contribution in [2.24, 2.45) is 51.2 Å². The Labute approximate surface area is 295 Å². The summed E-state index contributed by atoms with van der Waals surface area (Å²) in [5.74, 6) is 0.0428. The molecule has 5 unspecified atom stereocenters. The van der Waals surface area contributed by atoms with Crippen LogP contribution < -0.4 is 5.32 Å². The predicted molar refractivity (Wildman–Crippen MR) is 186 cm³/mol. The SMILES string of the molecule is CCC(C)[C@H](NC(=O)OC(C)(C)C)C(=O)O[C@H]1CC[C@]23CC24CC[C@@]2(C)C(C[C@H](O)[C@@H]2[C@@]2(C)CC[C@@H](C(C)(C)O)O2)C4C[C@H](O)C3C1(C)C. The minimum Gasteiger partial charge on any atom is -0.460 e. The van der Waals surface area contributed by atoms with E-state index >= 15 is 0 Å². The fourth-order valence-corrected chi connectivity index (χ4v) is 13.2. The van der Waals surface area contributed by atoms with Crippen molar-refractivity contribution in [2.45, 2.75) is 188 Å². The highest BCUT2D eigenvalue weighted by Gasteiger charge is 2.83. The third-order valence-electron chi connectivity index (χ3n) is 15.4. The monoisotopic (exact) mass is 689 g/mol. The number of nitrogens with one attached hydrogen (secondary N) is 1. The largest absolute Gasteiger partial charge is 0.460 e. The van der Waals surface area contributed by atoms with Crippen LogP contribution in [-0.4, -0.2) is 74.6 Å². The fraction of sp³-hybridized carbons (Fsp3) is 0.950. The maximum absolute atomic E-state index is 13.8. The van der Waals surface area contributed by atoms with Gasteiger partial charge in [0.2, 0.25) is 0 Å². The van der Waals surface area contributed by atoms with Gasteiger partial charge in [0, 0.05) is 11.3 Å². The van der Waals surface area contributed by atoms with E-state index in [9.17, 15) is 24.9 Å². The second kappa shape index (κ2) is 11.8. The molecule has 4 N–H and O–H groups in total. The summed E-state index contributed by atoms with van der Waals surface area (Å²) in [5, 5.41) is 37.5. The topological polar surface area (TPSA) is 135 Å². The molecule has 1 heterocycles. The third-order valence-corrected chi connectivity index (χ3v) is 15.4. The normalized spacial score (nSPS) is 46.7. The smallest absolute Gasteiger partial charge is 0.408 e. The zero-order valence-electron chi connectivity index (χ0n) is 32.2. The number of ether oxygens (including phenoxy) is 3. The highest BCUT2D eigenvalue weighted by Crippen LogP contribution is 2.87. The molecule has 0 bridgehead atoms. The molecule has 0 aromatic heterocycles. The average Bonchev–Trinajstić information content (AvgIpc) is 3.26. The van der Waals surface area contributed by atoms with E-state index in [2.05, 4.69) is 33.0 Å². The molecule has 2 spiro atoms. The first-order valence-corrected chi connectivity index (χ1v) is 19.4. The molecular formula is C40H67NO8. The van der Waals surface area contributed by atoms with Gasteiger partial charge in [0.25, 0.3) is 0 Å². The number of esters is 1. The Balaban J connectivity index is 1.20. The molecule has 5 aliphatic carbocycles. The minimum atomic E-state index is -0.926. The average molecular weight is 690 g/mol. The number of amides is 1. The van der Waals surface area contributed by atoms with Crippen LogP contribution in [0.5, 0.6) is 0 Å². The second-order valence-corrected chi connectivity index (χ2v) is 20.2. The summed E-state index contributed by atoms with van der Waals surface area (Å²) in [6.07, 6.45) is 6.34. The Hall–Kier alpha value is -1.42. The van der Waals surface area contributed by atoms with Crippen molar-refractivity contribution < 1.29 is 39.1 Å². The minimum absolute atomic E-state index is 0.00151. The van der Waals surface area contributed by atoms with Gasteiger partial charge in [-0.1, -0.05) is 41.0 Å². The lowest BCUT2D eigenvalue weighted by Crippen LogP contribution is -2.60. The van der Waals surface area contributed by atoms with Crippen molar-refractivity contribution in [1.82, 2.24) is 5.32 Å². The van der Waals surface area contributed by atoms with Gasteiger partial charge in [0.1, 0.15) is 17.7 Å². The van der Waals surface area contributed by atoms with Crippen LogP contribution in [0.15, 0.2) is 0 Å². The Kier molecular flexibility index (Phi) is 8.99. The number of aliphatic hydroxyl groups is 3. The van der Waals surface area contributed by atoms with Crippen molar-refractivity contribution in [3.8, 4) is 0 Å². The first-order chi connectivity index (χ1) is 22.5. The first kappa shape index (κ1) is 37.3. The van der Waals surface area contributed by atoms with Gasteiger partial charge in [-0.25, -0.2) is 9.59 Å². The molecule has 9 nitrogen and oxygen atoms in total. The van der Waals surface area contributed by atoms with Crippen molar-refractivity contribution in [2.75, 3.05) is 0 Å². The van der Waals surface area contributed by atoms with E-state index in [0.29, 0.717) is 24.7 Å². The Morgan fingerprint density at radius 2 is 1.53 bits per heavy atom. The number of carbonyl (C=O) groups is 2. The lowest BCUT2D eigenvalue weighted by Gasteiger charge is -2.61. The fourth-order valence-electron chi connectivity index (χ4n) is 13.2. The molecule has 6 aliphatic rings. The van der Waals surface area contributed by atoms with Gasteiger partial charge in [0.05, 0.1) is 29.5 Å². The Morgan fingerprint density at radius 1 is 0.898 bits per heavy atom. The number of hydrogen-bond donors (Lipinski definition) is 4. The highest BCUT2D eigenvalue weighted by atomic mass is 16.6. The second-order valence-electron chi connectivity index (χ2n) is 20.2. The highest BCUT2D eigenvalue weighted by molar-refractivity contribution is 5.82. The first-order valence-electron chi connectivity index (χ1n) is 19.4. The Bertz CT molecular complexity index is 1300. The molecule has 0 aromatic rings. The van der Waals surface area contributed by atoms with Crippen molar-refractivity contribution in [3.05, 3.63) is 0 Å². The quantitative estimate of drug-likeness (QED) is 0.222. The molecule has 1 saturated heterocycles. The van der Waals surface area contributed by atoms with Crippen LogP contribution in [0.3, 0.4) is 0 Å². The summed E-state index contributed by atoms with van der Waals surface area (Å²) in [5.41, 5.74) is -2.54. The number of hydrogen-bond acceptors (Lipinski definition) is 8. The molecule has 0 radical (unpaired) electrons. The van der Waals surface area contributed by atoms with E-state index in [4.69, 9.17) is 14.2 Å². The summed E-state index contributed by atoms with van der Waals surface area (Å²) in [6, 6.07) is -0.818. The summed E-state index contributed by atoms with van der Waals surface area (Å²) in [4.78, 5) is 26.5. The van der Waals surface area contributed by atoms with Crippen LogP contribution in [0.4, 0.5) is 4.79 Å². The Morgan fingerprint density at radius 3 is 2.12 bits per heavy atom. The van der Waals surface area contributed by atoms with Crippen LogP contribution >= 0.6 is 0 Å². The maximum atomic E-state index is 13.8. The number of fused-ring (bicyclic) bond motifs is 2. The van der Waals surface area contributed by atoms with Crippen molar-refractivity contribution in [1.29, 1.82) is 0 Å². The van der Waals surface area contributed by atoms with E-state index in [1.54, 1.807) is 20.8 Å². The molecule has 1 amide bonds. The standard InChI is InChI=1S/C40H67NO8/c1-12-22(2)29(41-33(45)49-34(3,4)5)32(44)47-27-14-16-40-21-39(40)18-17-37(10)23(24(39)20-25(42)30(40)35(27,6)7)19-26(43)31(37)38(11)15-13-28(48-38)36(8,9)46/h22-31,42-43,46H,12-21H2,1-11H3,(H,41,45)/t22?,23?,24?,25-,26-,27-,28-,29-,30?,31-,37-,38+,39?,40+/m0/s1. The summed E-state index contributed by atoms with van der Waals surface area (Å²) in [7, 11) is 0. The van der Waals surface area contributed by atoms with Crippen molar-refractivity contribution >= 4 is 12.1 Å². The van der Waals surface area contributed by atoms with Crippen LogP contribution in [0.2, 0.25) is 0 Å². The van der Waals surface area contributed by atoms with E-state index in [-0.39, 0.29) is 46.2 Å². The molecule has 49 heavy (non-hydrogen) atoms. The van der Waals surface area contributed by atoms with E-state index in [0.717, 1.165) is 51.4 Å². The van der Waals surface area contributed by atoms with Crippen LogP contribution in [0.25, 0.3) is 0 Å². The van der Waals surface area contributed by atoms with Gasteiger partial charge in [-0.3, -0.25) is 0 Å². The molecule has 0 aromatic carbocycles. The lowest BCUT2D eigenvalue weighted by molar-refractivity contribution is -0.203. The lowest BCUT2D eigenvalue weighted by atomic mass is 9.45. The summed E-state index contributed by atoms with van der Waals surface area (Å²) < 4.78 is 18.5. The van der Waals surface area contributed by atoms with Gasteiger partial charge < -0.3 is 34.8 Å². The molecule has 14 atom stereocenters. The third kappa shape index (κ3) is 5.78. The number of rotatable bonds is 7. The van der Waals surface area contributed by atoms with Gasteiger partial charge in [-0.2, -0.15) is 0 Å².